The smallest absolute Gasteiger partial charge is 0.317 e. The van der Waals surface area contributed by atoms with Crippen molar-refractivity contribution in [1.82, 2.24) is 36.5 Å². The Balaban J connectivity index is 1.34. The van der Waals surface area contributed by atoms with Crippen LogP contribution in [0.25, 0.3) is 10.2 Å². The molecule has 3 saturated heterocycles. The van der Waals surface area contributed by atoms with Gasteiger partial charge in [0.1, 0.15) is 10.9 Å². The maximum atomic E-state index is 13.5. The van der Waals surface area contributed by atoms with E-state index in [1.807, 2.05) is 23.1 Å². The molecule has 0 bridgehead atoms. The lowest BCUT2D eigenvalue weighted by Crippen LogP contribution is -2.69. The van der Waals surface area contributed by atoms with Gasteiger partial charge in [-0.15, -0.1) is 11.3 Å². The highest BCUT2D eigenvalue weighted by atomic mass is 32.1. The van der Waals surface area contributed by atoms with Crippen molar-refractivity contribution in [2.45, 2.75) is 50.0 Å². The van der Waals surface area contributed by atoms with Gasteiger partial charge in [-0.25, -0.2) is 9.78 Å². The van der Waals surface area contributed by atoms with Crippen molar-refractivity contribution in [2.24, 2.45) is 5.92 Å². The van der Waals surface area contributed by atoms with Gasteiger partial charge in [-0.05, 0) is 50.3 Å². The molecule has 4 atom stereocenters. The molecule has 3 fully saturated rings. The number of aromatic nitrogens is 1. The number of hydrogen-bond donors (Lipinski definition) is 5. The fourth-order valence-electron chi connectivity index (χ4n) is 5.24. The molecule has 9 nitrogen and oxygen atoms in total. The van der Waals surface area contributed by atoms with E-state index in [9.17, 15) is 9.59 Å². The average molecular weight is 472 g/mol. The van der Waals surface area contributed by atoms with Crippen molar-refractivity contribution >= 4 is 33.5 Å². The number of urea groups is 1. The summed E-state index contributed by atoms with van der Waals surface area (Å²) in [6.45, 7) is 3.35. The largest absolute Gasteiger partial charge is 0.341 e. The summed E-state index contributed by atoms with van der Waals surface area (Å²) in [7, 11) is 1.66. The van der Waals surface area contributed by atoms with E-state index in [2.05, 4.69) is 32.7 Å². The molecular formula is C23H33N7O2S. The predicted molar refractivity (Wildman–Crippen MR) is 129 cm³/mol. The molecule has 1 aromatic heterocycles. The summed E-state index contributed by atoms with van der Waals surface area (Å²) in [5, 5.41) is 17.7. The van der Waals surface area contributed by atoms with Crippen molar-refractivity contribution in [3.63, 3.8) is 0 Å². The van der Waals surface area contributed by atoms with Crippen LogP contribution >= 0.6 is 11.3 Å². The number of likely N-dealkylation sites (tertiary alicyclic amines) is 1. The first-order chi connectivity index (χ1) is 16.1. The number of carbonyl (C=O) groups is 2. The first-order valence-electron chi connectivity index (χ1n) is 12.0. The van der Waals surface area contributed by atoms with Gasteiger partial charge in [0.15, 0.2) is 0 Å². The Kier molecular flexibility index (Phi) is 6.77. The van der Waals surface area contributed by atoms with Crippen LogP contribution in [0.5, 0.6) is 0 Å². The van der Waals surface area contributed by atoms with Crippen LogP contribution < -0.4 is 26.6 Å². The highest BCUT2D eigenvalue weighted by Gasteiger charge is 2.43. The molecule has 1 aromatic carbocycles. The quantitative estimate of drug-likeness (QED) is 0.458. The number of nitrogens with zero attached hydrogens (tertiary/aromatic N) is 2. The Morgan fingerprint density at radius 3 is 2.76 bits per heavy atom. The van der Waals surface area contributed by atoms with Crippen molar-refractivity contribution < 1.29 is 9.59 Å². The molecule has 178 valence electrons. The Morgan fingerprint density at radius 2 is 2.03 bits per heavy atom. The number of para-hydroxylation sites is 1. The topological polar surface area (TPSA) is 110 Å². The van der Waals surface area contributed by atoms with Crippen LogP contribution in [0.2, 0.25) is 0 Å². The second-order valence-electron chi connectivity index (χ2n) is 9.22. The zero-order valence-electron chi connectivity index (χ0n) is 19.0. The molecule has 0 saturated carbocycles. The molecule has 0 radical (unpaired) electrons. The number of piperidine rings is 2. The molecule has 0 aliphatic carbocycles. The van der Waals surface area contributed by atoms with E-state index in [1.165, 1.54) is 0 Å². The zero-order chi connectivity index (χ0) is 22.8. The standard InChI is InChI=1S/C23H33N7O2S/c1-24-23(32)30-11-8-14(9-12-30)19-28-20(26-15-5-4-10-25-13-15)18(21(31)29-19)22-27-16-6-2-3-7-17(16)33-22/h2-3,6-7,14-15,18-20,25-26,28H,4-5,8-13H2,1H3,(H,24,32)(H,29,31)/t15-,18?,19?,20?/m1/s1. The Bertz CT molecular complexity index is 951. The van der Waals surface area contributed by atoms with Gasteiger partial charge >= 0.3 is 6.03 Å². The SMILES string of the molecule is CNC(=O)N1CCC(C2NC(=O)C(c3nc4ccccc4s3)C(N[C@@H]3CCCNC3)N2)CC1. The second kappa shape index (κ2) is 9.92. The van der Waals surface area contributed by atoms with Crippen molar-refractivity contribution in [3.8, 4) is 0 Å². The van der Waals surface area contributed by atoms with Gasteiger partial charge in [-0.1, -0.05) is 12.1 Å². The third kappa shape index (κ3) is 4.84. The van der Waals surface area contributed by atoms with E-state index in [0.29, 0.717) is 19.1 Å². The number of rotatable bonds is 4. The average Bonchev–Trinajstić information content (AvgIpc) is 3.27. The van der Waals surface area contributed by atoms with E-state index >= 15 is 0 Å². The highest BCUT2D eigenvalue weighted by Crippen LogP contribution is 2.32. The van der Waals surface area contributed by atoms with Crippen molar-refractivity contribution in [3.05, 3.63) is 29.3 Å². The number of amides is 3. The maximum Gasteiger partial charge on any atom is 0.317 e. The van der Waals surface area contributed by atoms with E-state index in [4.69, 9.17) is 4.98 Å². The van der Waals surface area contributed by atoms with Crippen LogP contribution in [0, 0.1) is 5.92 Å². The van der Waals surface area contributed by atoms with E-state index < -0.39 is 0 Å². The summed E-state index contributed by atoms with van der Waals surface area (Å²) in [5.41, 5.74) is 0.937. The molecule has 33 heavy (non-hydrogen) atoms. The molecule has 3 amide bonds. The molecular weight excluding hydrogens is 438 g/mol. The van der Waals surface area contributed by atoms with Gasteiger partial charge in [0, 0.05) is 32.7 Å². The van der Waals surface area contributed by atoms with Crippen LogP contribution in [0.1, 0.15) is 36.6 Å². The lowest BCUT2D eigenvalue weighted by atomic mass is 9.90. The number of fused-ring (bicyclic) bond motifs is 1. The van der Waals surface area contributed by atoms with Gasteiger partial charge in [-0.2, -0.15) is 0 Å². The molecule has 3 unspecified atom stereocenters. The normalized spacial score (nSPS) is 29.1. The fourth-order valence-corrected chi connectivity index (χ4v) is 6.35. The highest BCUT2D eigenvalue weighted by molar-refractivity contribution is 7.18. The molecule has 2 aromatic rings. The van der Waals surface area contributed by atoms with Crippen LogP contribution in [0.3, 0.4) is 0 Å². The number of benzene rings is 1. The first kappa shape index (κ1) is 22.5. The molecule has 5 rings (SSSR count). The van der Waals surface area contributed by atoms with Gasteiger partial charge in [0.05, 0.1) is 22.5 Å². The summed E-state index contributed by atoms with van der Waals surface area (Å²) < 4.78 is 1.10. The molecule has 0 spiro atoms. The minimum absolute atomic E-state index is 0.0211. The number of thiazole rings is 1. The maximum absolute atomic E-state index is 13.5. The summed E-state index contributed by atoms with van der Waals surface area (Å²) in [5.74, 6) is -0.0840. The third-order valence-electron chi connectivity index (χ3n) is 7.07. The lowest BCUT2D eigenvalue weighted by Gasteiger charge is -2.44. The fraction of sp³-hybridized carbons (Fsp3) is 0.609. The van der Waals surface area contributed by atoms with E-state index in [-0.39, 0.29) is 36.1 Å². The van der Waals surface area contributed by atoms with Crippen molar-refractivity contribution in [2.75, 3.05) is 33.2 Å². The van der Waals surface area contributed by atoms with Gasteiger partial charge in [0.2, 0.25) is 5.91 Å². The van der Waals surface area contributed by atoms with Gasteiger partial charge in [0.25, 0.3) is 0 Å². The van der Waals surface area contributed by atoms with Gasteiger partial charge < -0.3 is 20.9 Å². The lowest BCUT2D eigenvalue weighted by molar-refractivity contribution is -0.128. The number of hydrogen-bond acceptors (Lipinski definition) is 7. The number of nitrogens with one attached hydrogen (secondary N) is 5. The van der Waals surface area contributed by atoms with E-state index in [1.54, 1.807) is 18.4 Å². The summed E-state index contributed by atoms with van der Waals surface area (Å²) >= 11 is 1.60. The zero-order valence-corrected chi connectivity index (χ0v) is 19.8. The molecule has 10 heteroatoms. The Morgan fingerprint density at radius 1 is 1.21 bits per heavy atom. The first-order valence-corrected chi connectivity index (χ1v) is 12.8. The minimum Gasteiger partial charge on any atom is -0.341 e. The number of carbonyl (C=O) groups excluding carboxylic acids is 2. The monoisotopic (exact) mass is 471 g/mol. The van der Waals surface area contributed by atoms with Crippen LogP contribution in [0.15, 0.2) is 24.3 Å². The second-order valence-corrected chi connectivity index (χ2v) is 10.3. The summed E-state index contributed by atoms with van der Waals surface area (Å²) in [6, 6.07) is 8.33. The molecule has 4 heterocycles. The molecule has 3 aliphatic heterocycles. The molecule has 5 N–H and O–H groups in total. The predicted octanol–water partition coefficient (Wildman–Crippen LogP) is 1.14. The van der Waals surface area contributed by atoms with Crippen LogP contribution in [-0.2, 0) is 4.79 Å². The summed E-state index contributed by atoms with van der Waals surface area (Å²) in [4.78, 5) is 32.1. The van der Waals surface area contributed by atoms with Crippen molar-refractivity contribution in [1.29, 1.82) is 0 Å². The summed E-state index contributed by atoms with van der Waals surface area (Å²) in [6.07, 6.45) is 3.62. The minimum atomic E-state index is -0.383. The van der Waals surface area contributed by atoms with E-state index in [0.717, 1.165) is 54.0 Å². The van der Waals surface area contributed by atoms with Crippen LogP contribution in [0.4, 0.5) is 4.79 Å². The Labute approximate surface area is 198 Å². The van der Waals surface area contributed by atoms with Crippen LogP contribution in [-0.4, -0.2) is 73.4 Å². The van der Waals surface area contributed by atoms with Gasteiger partial charge in [-0.3, -0.25) is 15.4 Å². The molecule has 3 aliphatic rings. The Hall–Kier alpha value is -2.27. The third-order valence-corrected chi connectivity index (χ3v) is 8.19.